The van der Waals surface area contributed by atoms with Gasteiger partial charge in [0, 0.05) is 34.4 Å². The number of hydrogen-bond donors (Lipinski definition) is 1. The number of aromatic amines is 1. The topological polar surface area (TPSA) is 79.7 Å². The molecule has 7 nitrogen and oxygen atoms in total. The Morgan fingerprint density at radius 3 is 2.55 bits per heavy atom. The van der Waals surface area contributed by atoms with Crippen LogP contribution in [0, 0.1) is 13.8 Å². The first-order chi connectivity index (χ1) is 18.3. The fraction of sp³-hybridized carbons (Fsp3) is 0.333. The first-order valence-electron chi connectivity index (χ1n) is 13.0. The number of tetrazole rings is 1. The molecule has 5 rings (SSSR count). The molecule has 0 amide bonds. The van der Waals surface area contributed by atoms with Crippen LogP contribution in [0.1, 0.15) is 66.2 Å². The molecule has 0 aliphatic carbocycles. The maximum absolute atomic E-state index is 13.8. The molecule has 38 heavy (non-hydrogen) atoms. The smallest absolute Gasteiger partial charge is 0.253 e. The SMILES string of the molecule is CCC(C)(C)n1nnnc1C(c1cc2c(C)cc(C)cc2[nH]c1=O)N(Cc1ccccc1)Cc1cccs1. The summed E-state index contributed by atoms with van der Waals surface area (Å²) in [4.78, 5) is 20.5. The van der Waals surface area contributed by atoms with E-state index in [-0.39, 0.29) is 11.1 Å². The van der Waals surface area contributed by atoms with Crippen LogP contribution in [0.2, 0.25) is 0 Å². The van der Waals surface area contributed by atoms with Gasteiger partial charge in [0.2, 0.25) is 0 Å². The highest BCUT2D eigenvalue weighted by Crippen LogP contribution is 2.33. The lowest BCUT2D eigenvalue weighted by molar-refractivity contribution is 0.182. The Morgan fingerprint density at radius 1 is 1.05 bits per heavy atom. The molecular formula is C30H34N6OS. The number of H-pyrrole nitrogens is 1. The van der Waals surface area contributed by atoms with E-state index in [1.807, 2.05) is 41.9 Å². The van der Waals surface area contributed by atoms with Gasteiger partial charge in [0.05, 0.1) is 5.54 Å². The molecule has 3 heterocycles. The van der Waals surface area contributed by atoms with Crippen molar-refractivity contribution < 1.29 is 0 Å². The zero-order chi connectivity index (χ0) is 26.9. The van der Waals surface area contributed by atoms with Crippen LogP contribution in [-0.2, 0) is 18.6 Å². The highest BCUT2D eigenvalue weighted by molar-refractivity contribution is 7.09. The minimum Gasteiger partial charge on any atom is -0.322 e. The largest absolute Gasteiger partial charge is 0.322 e. The van der Waals surface area contributed by atoms with Crippen LogP contribution in [0.3, 0.4) is 0 Å². The molecule has 0 fully saturated rings. The second-order valence-corrected chi connectivity index (χ2v) is 11.6. The molecule has 2 aromatic carbocycles. The number of thiophene rings is 1. The van der Waals surface area contributed by atoms with Gasteiger partial charge in [-0.05, 0) is 84.8 Å². The Balaban J connectivity index is 1.75. The summed E-state index contributed by atoms with van der Waals surface area (Å²) in [6.07, 6.45) is 0.841. The first-order valence-corrected chi connectivity index (χ1v) is 13.9. The molecule has 0 aliphatic rings. The normalized spacial score (nSPS) is 12.9. The van der Waals surface area contributed by atoms with Gasteiger partial charge in [0.15, 0.2) is 5.82 Å². The van der Waals surface area contributed by atoms with Crippen molar-refractivity contribution in [3.63, 3.8) is 0 Å². The van der Waals surface area contributed by atoms with Crippen LogP contribution in [0.4, 0.5) is 0 Å². The molecule has 0 saturated carbocycles. The highest BCUT2D eigenvalue weighted by Gasteiger charge is 2.34. The van der Waals surface area contributed by atoms with Crippen LogP contribution < -0.4 is 5.56 Å². The van der Waals surface area contributed by atoms with Crippen molar-refractivity contribution in [2.45, 2.75) is 65.7 Å². The van der Waals surface area contributed by atoms with Crippen LogP contribution in [0.15, 0.2) is 70.8 Å². The summed E-state index contributed by atoms with van der Waals surface area (Å²) in [5.74, 6) is 0.666. The predicted molar refractivity (Wildman–Crippen MR) is 153 cm³/mol. The lowest BCUT2D eigenvalue weighted by Crippen LogP contribution is -2.37. The van der Waals surface area contributed by atoms with Gasteiger partial charge in [-0.15, -0.1) is 16.4 Å². The highest BCUT2D eigenvalue weighted by atomic mass is 32.1. The van der Waals surface area contributed by atoms with Gasteiger partial charge < -0.3 is 4.98 Å². The number of nitrogens with zero attached hydrogens (tertiary/aromatic N) is 5. The van der Waals surface area contributed by atoms with Gasteiger partial charge in [-0.3, -0.25) is 9.69 Å². The Kier molecular flexibility index (Phi) is 7.27. The van der Waals surface area contributed by atoms with E-state index < -0.39 is 6.04 Å². The Bertz CT molecular complexity index is 1590. The summed E-state index contributed by atoms with van der Waals surface area (Å²) >= 11 is 1.71. The van der Waals surface area contributed by atoms with Crippen molar-refractivity contribution in [3.05, 3.63) is 109 Å². The minimum atomic E-state index is -0.466. The van der Waals surface area contributed by atoms with Crippen molar-refractivity contribution in [1.82, 2.24) is 30.1 Å². The number of aryl methyl sites for hydroxylation is 2. The van der Waals surface area contributed by atoms with Gasteiger partial charge in [0.25, 0.3) is 5.56 Å². The summed E-state index contributed by atoms with van der Waals surface area (Å²) in [5, 5.41) is 16.2. The van der Waals surface area contributed by atoms with Gasteiger partial charge in [-0.2, -0.15) is 0 Å². The molecule has 1 N–H and O–H groups in total. The standard InChI is InChI=1S/C30H34N6OS/c1-6-30(4,5)36-28(32-33-34-36)27(25-17-24-21(3)15-20(2)16-26(24)31-29(25)37)35(19-23-13-10-14-38-23)18-22-11-8-7-9-12-22/h7-17,27H,6,18-19H2,1-5H3,(H,31,37). The van der Waals surface area contributed by atoms with Crippen LogP contribution in [0.5, 0.6) is 0 Å². The molecule has 8 heteroatoms. The molecule has 196 valence electrons. The summed E-state index contributed by atoms with van der Waals surface area (Å²) in [5.41, 5.74) is 4.43. The van der Waals surface area contributed by atoms with Crippen LogP contribution in [-0.4, -0.2) is 30.1 Å². The second kappa shape index (κ2) is 10.6. The fourth-order valence-electron chi connectivity index (χ4n) is 5.00. The molecule has 0 spiro atoms. The minimum absolute atomic E-state index is 0.124. The van der Waals surface area contributed by atoms with Crippen molar-refractivity contribution in [1.29, 1.82) is 0 Å². The number of pyridine rings is 1. The van der Waals surface area contributed by atoms with Crippen molar-refractivity contribution in [2.75, 3.05) is 0 Å². The first kappa shape index (κ1) is 26.0. The molecule has 1 unspecified atom stereocenters. The van der Waals surface area contributed by atoms with Crippen molar-refractivity contribution >= 4 is 22.2 Å². The van der Waals surface area contributed by atoms with Gasteiger partial charge >= 0.3 is 0 Å². The van der Waals surface area contributed by atoms with Gasteiger partial charge in [-0.1, -0.05) is 49.4 Å². The number of benzene rings is 2. The van der Waals surface area contributed by atoms with Crippen molar-refractivity contribution in [3.8, 4) is 0 Å². The molecule has 0 radical (unpaired) electrons. The Labute approximate surface area is 227 Å². The summed E-state index contributed by atoms with van der Waals surface area (Å²) < 4.78 is 1.90. The quantitative estimate of drug-likeness (QED) is 0.250. The molecule has 0 saturated heterocycles. The van der Waals surface area contributed by atoms with E-state index in [1.54, 1.807) is 11.3 Å². The van der Waals surface area contributed by atoms with E-state index in [1.165, 1.54) is 4.88 Å². The molecular weight excluding hydrogens is 492 g/mol. The van der Waals surface area contributed by atoms with Crippen molar-refractivity contribution in [2.24, 2.45) is 0 Å². The van der Waals surface area contributed by atoms with E-state index in [9.17, 15) is 4.79 Å². The third kappa shape index (κ3) is 5.19. The van der Waals surface area contributed by atoms with Gasteiger partial charge in [0.1, 0.15) is 6.04 Å². The second-order valence-electron chi connectivity index (χ2n) is 10.6. The third-order valence-electron chi connectivity index (χ3n) is 7.35. The summed E-state index contributed by atoms with van der Waals surface area (Å²) in [6.45, 7) is 11.8. The van der Waals surface area contributed by atoms with Gasteiger partial charge in [-0.25, -0.2) is 4.68 Å². The number of rotatable bonds is 9. The number of hydrogen-bond acceptors (Lipinski definition) is 6. The predicted octanol–water partition coefficient (Wildman–Crippen LogP) is 6.13. The Hall–Kier alpha value is -3.62. The molecule has 0 bridgehead atoms. The molecule has 5 aromatic rings. The number of aromatic nitrogens is 5. The number of fused-ring (bicyclic) bond motifs is 1. The molecule has 3 aromatic heterocycles. The average molecular weight is 527 g/mol. The third-order valence-corrected chi connectivity index (χ3v) is 8.21. The zero-order valence-corrected chi connectivity index (χ0v) is 23.4. The lowest BCUT2D eigenvalue weighted by Gasteiger charge is -2.33. The number of nitrogens with one attached hydrogen (secondary N) is 1. The molecule has 0 aliphatic heterocycles. The van der Waals surface area contributed by atoms with E-state index >= 15 is 0 Å². The summed E-state index contributed by atoms with van der Waals surface area (Å²) in [6, 6.07) is 20.3. The average Bonchev–Trinajstić information content (AvgIpc) is 3.58. The van der Waals surface area contributed by atoms with Crippen LogP contribution >= 0.6 is 11.3 Å². The summed E-state index contributed by atoms with van der Waals surface area (Å²) in [7, 11) is 0. The maximum atomic E-state index is 13.8. The Morgan fingerprint density at radius 2 is 1.84 bits per heavy atom. The van der Waals surface area contributed by atoms with E-state index in [2.05, 4.69) is 88.8 Å². The maximum Gasteiger partial charge on any atom is 0.253 e. The van der Waals surface area contributed by atoms with E-state index in [0.29, 0.717) is 24.5 Å². The molecule has 1 atom stereocenters. The van der Waals surface area contributed by atoms with Crippen LogP contribution in [0.25, 0.3) is 10.9 Å². The fourth-order valence-corrected chi connectivity index (χ4v) is 5.73. The zero-order valence-electron chi connectivity index (χ0n) is 22.6. The lowest BCUT2D eigenvalue weighted by atomic mass is 9.97. The van der Waals surface area contributed by atoms with E-state index in [0.717, 1.165) is 34.0 Å². The monoisotopic (exact) mass is 526 g/mol. The van der Waals surface area contributed by atoms with E-state index in [4.69, 9.17) is 0 Å².